The topological polar surface area (TPSA) is 64.3 Å². The van der Waals surface area contributed by atoms with E-state index in [1.807, 2.05) is 0 Å². The Morgan fingerprint density at radius 2 is 2.25 bits per heavy atom. The fourth-order valence-electron chi connectivity index (χ4n) is 1.25. The Morgan fingerprint density at radius 1 is 1.56 bits per heavy atom. The molecule has 0 aliphatic heterocycles. The minimum absolute atomic E-state index is 0.0968. The highest BCUT2D eigenvalue weighted by Gasteiger charge is 2.15. The normalized spacial score (nSPS) is 12.2. The maximum Gasteiger partial charge on any atom is 0.250 e. The van der Waals surface area contributed by atoms with Crippen molar-refractivity contribution in [2.75, 3.05) is 13.7 Å². The number of nitrogens with two attached hydrogens (primary N) is 1. The number of rotatable bonds is 5. The van der Waals surface area contributed by atoms with Crippen molar-refractivity contribution in [3.63, 3.8) is 0 Å². The molecule has 1 unspecified atom stereocenters. The third kappa shape index (κ3) is 3.29. The molecule has 88 valence electrons. The number of methoxy groups -OCH3 is 1. The molecule has 1 aromatic carbocycles. The van der Waals surface area contributed by atoms with Gasteiger partial charge in [0.1, 0.15) is 11.9 Å². The molecule has 1 amide bonds. The van der Waals surface area contributed by atoms with Crippen LogP contribution in [0.2, 0.25) is 0 Å². The summed E-state index contributed by atoms with van der Waals surface area (Å²) in [6.45, 7) is 0.227. The minimum Gasteiger partial charge on any atom is -0.370 e. The van der Waals surface area contributed by atoms with Crippen LogP contribution in [-0.2, 0) is 16.1 Å². The van der Waals surface area contributed by atoms with E-state index in [2.05, 4.69) is 5.32 Å². The van der Waals surface area contributed by atoms with E-state index < -0.39 is 6.10 Å². The first-order valence-corrected chi connectivity index (χ1v) is 4.93. The number of nitrogens with one attached hydrogen (secondary N) is 1. The van der Waals surface area contributed by atoms with E-state index in [0.717, 1.165) is 0 Å². The summed E-state index contributed by atoms with van der Waals surface area (Å²) in [4.78, 5) is 11.5. The zero-order valence-electron chi connectivity index (χ0n) is 9.07. The molecule has 0 fully saturated rings. The standard InChI is InChI=1S/C11H15FN2O2/c1-16-10(6-13)11(15)14-7-8-4-2-3-5-9(8)12/h2-5,10H,6-7,13H2,1H3,(H,14,15). The van der Waals surface area contributed by atoms with Crippen molar-refractivity contribution >= 4 is 5.91 Å². The van der Waals surface area contributed by atoms with Gasteiger partial charge in [-0.15, -0.1) is 0 Å². The molecule has 0 heterocycles. The first-order chi connectivity index (χ1) is 7.69. The van der Waals surface area contributed by atoms with Crippen molar-refractivity contribution in [1.29, 1.82) is 0 Å². The average molecular weight is 226 g/mol. The molecule has 3 N–H and O–H groups in total. The largest absolute Gasteiger partial charge is 0.370 e. The average Bonchev–Trinajstić information content (AvgIpc) is 2.29. The molecule has 0 saturated carbocycles. The second-order valence-corrected chi connectivity index (χ2v) is 3.27. The van der Waals surface area contributed by atoms with E-state index in [0.29, 0.717) is 5.56 Å². The fraction of sp³-hybridized carbons (Fsp3) is 0.364. The van der Waals surface area contributed by atoms with Crippen molar-refractivity contribution in [1.82, 2.24) is 5.32 Å². The molecule has 0 saturated heterocycles. The Balaban J connectivity index is 2.52. The van der Waals surface area contributed by atoms with Crippen molar-refractivity contribution in [2.45, 2.75) is 12.6 Å². The molecule has 0 radical (unpaired) electrons. The Morgan fingerprint density at radius 3 is 2.81 bits per heavy atom. The number of carbonyl (C=O) groups excluding carboxylic acids is 1. The van der Waals surface area contributed by atoms with Crippen molar-refractivity contribution < 1.29 is 13.9 Å². The van der Waals surface area contributed by atoms with Gasteiger partial charge in [0, 0.05) is 25.8 Å². The van der Waals surface area contributed by atoms with Gasteiger partial charge in [-0.1, -0.05) is 18.2 Å². The van der Waals surface area contributed by atoms with Crippen LogP contribution in [-0.4, -0.2) is 25.7 Å². The minimum atomic E-state index is -0.688. The van der Waals surface area contributed by atoms with E-state index in [1.165, 1.54) is 13.2 Å². The van der Waals surface area contributed by atoms with Crippen LogP contribution in [0.15, 0.2) is 24.3 Å². The SMILES string of the molecule is COC(CN)C(=O)NCc1ccccc1F. The molecule has 0 aliphatic rings. The summed E-state index contributed by atoms with van der Waals surface area (Å²) >= 11 is 0. The van der Waals surface area contributed by atoms with Gasteiger partial charge in [0.15, 0.2) is 0 Å². The van der Waals surface area contributed by atoms with Crippen molar-refractivity contribution in [2.24, 2.45) is 5.73 Å². The van der Waals surface area contributed by atoms with Crippen molar-refractivity contribution in [3.8, 4) is 0 Å². The zero-order chi connectivity index (χ0) is 12.0. The smallest absolute Gasteiger partial charge is 0.250 e. The number of hydrogen-bond acceptors (Lipinski definition) is 3. The van der Waals surface area contributed by atoms with Gasteiger partial charge in [0.2, 0.25) is 0 Å². The van der Waals surface area contributed by atoms with Crippen LogP contribution in [0.5, 0.6) is 0 Å². The Bertz CT molecular complexity index is 354. The van der Waals surface area contributed by atoms with Gasteiger partial charge in [-0.25, -0.2) is 4.39 Å². The van der Waals surface area contributed by atoms with Gasteiger partial charge < -0.3 is 15.8 Å². The Kier molecular flexibility index (Phi) is 4.88. The lowest BCUT2D eigenvalue weighted by Crippen LogP contribution is -2.40. The number of hydrogen-bond donors (Lipinski definition) is 2. The summed E-state index contributed by atoms with van der Waals surface area (Å²) in [5, 5.41) is 2.56. The molecule has 0 aliphatic carbocycles. The third-order valence-electron chi connectivity index (χ3n) is 2.20. The summed E-state index contributed by atoms with van der Waals surface area (Å²) in [6, 6.07) is 6.26. The van der Waals surface area contributed by atoms with E-state index in [-0.39, 0.29) is 24.8 Å². The van der Waals surface area contributed by atoms with Crippen LogP contribution in [0.4, 0.5) is 4.39 Å². The molecule has 1 rings (SSSR count). The van der Waals surface area contributed by atoms with E-state index in [4.69, 9.17) is 10.5 Å². The highest BCUT2D eigenvalue weighted by atomic mass is 19.1. The first kappa shape index (κ1) is 12.6. The Hall–Kier alpha value is -1.46. The summed E-state index contributed by atoms with van der Waals surface area (Å²) in [7, 11) is 1.40. The molecule has 4 nitrogen and oxygen atoms in total. The van der Waals surface area contributed by atoms with E-state index in [9.17, 15) is 9.18 Å². The van der Waals surface area contributed by atoms with Gasteiger partial charge in [0.05, 0.1) is 0 Å². The van der Waals surface area contributed by atoms with E-state index >= 15 is 0 Å². The summed E-state index contributed by atoms with van der Waals surface area (Å²) in [5.41, 5.74) is 5.76. The first-order valence-electron chi connectivity index (χ1n) is 4.93. The number of ether oxygens (including phenoxy) is 1. The van der Waals surface area contributed by atoms with Gasteiger partial charge in [-0.3, -0.25) is 4.79 Å². The molecule has 1 atom stereocenters. The molecule has 0 spiro atoms. The third-order valence-corrected chi connectivity index (χ3v) is 2.20. The fourth-order valence-corrected chi connectivity index (χ4v) is 1.25. The molecular formula is C11H15FN2O2. The molecule has 0 bridgehead atoms. The number of halogens is 1. The van der Waals surface area contributed by atoms with Gasteiger partial charge in [-0.2, -0.15) is 0 Å². The summed E-state index contributed by atoms with van der Waals surface area (Å²) < 4.78 is 18.0. The monoisotopic (exact) mass is 226 g/mol. The summed E-state index contributed by atoms with van der Waals surface area (Å²) in [5.74, 6) is -0.683. The zero-order valence-corrected chi connectivity index (χ0v) is 9.07. The number of amides is 1. The predicted octanol–water partition coefficient (Wildman–Crippen LogP) is 0.416. The maximum atomic E-state index is 13.2. The van der Waals surface area contributed by atoms with Crippen LogP contribution in [0, 0.1) is 5.82 Å². The van der Waals surface area contributed by atoms with Crippen LogP contribution in [0.3, 0.4) is 0 Å². The lowest BCUT2D eigenvalue weighted by Gasteiger charge is -2.13. The summed E-state index contributed by atoms with van der Waals surface area (Å²) in [6.07, 6.45) is -0.688. The molecular weight excluding hydrogens is 211 g/mol. The van der Waals surface area contributed by atoms with Crippen molar-refractivity contribution in [3.05, 3.63) is 35.6 Å². The van der Waals surface area contributed by atoms with Crippen LogP contribution >= 0.6 is 0 Å². The lowest BCUT2D eigenvalue weighted by molar-refractivity contribution is -0.130. The Labute approximate surface area is 93.6 Å². The molecule has 1 aromatic rings. The lowest BCUT2D eigenvalue weighted by atomic mass is 10.2. The number of carbonyl (C=O) groups is 1. The van der Waals surface area contributed by atoms with Gasteiger partial charge in [-0.05, 0) is 6.07 Å². The van der Waals surface area contributed by atoms with Crippen LogP contribution in [0.1, 0.15) is 5.56 Å². The highest BCUT2D eigenvalue weighted by molar-refractivity contribution is 5.80. The number of benzene rings is 1. The molecule has 16 heavy (non-hydrogen) atoms. The molecule has 5 heteroatoms. The quantitative estimate of drug-likeness (QED) is 0.764. The second kappa shape index (κ2) is 6.19. The van der Waals surface area contributed by atoms with Gasteiger partial charge >= 0.3 is 0 Å². The van der Waals surface area contributed by atoms with E-state index in [1.54, 1.807) is 18.2 Å². The van der Waals surface area contributed by atoms with Gasteiger partial charge in [0.25, 0.3) is 5.91 Å². The maximum absolute atomic E-state index is 13.2. The van der Waals surface area contributed by atoms with Crippen LogP contribution < -0.4 is 11.1 Å². The van der Waals surface area contributed by atoms with Crippen LogP contribution in [0.25, 0.3) is 0 Å². The predicted molar refractivity (Wildman–Crippen MR) is 58.1 cm³/mol. The highest BCUT2D eigenvalue weighted by Crippen LogP contribution is 2.05. The second-order valence-electron chi connectivity index (χ2n) is 3.27. The molecule has 0 aromatic heterocycles.